The van der Waals surface area contributed by atoms with Gasteiger partial charge in [-0.15, -0.1) is 0 Å². The van der Waals surface area contributed by atoms with Crippen molar-refractivity contribution in [3.8, 4) is 0 Å². The van der Waals surface area contributed by atoms with Crippen molar-refractivity contribution < 1.29 is 9.53 Å². The molecule has 2 amide bonds. The highest BCUT2D eigenvalue weighted by Crippen LogP contribution is 2.26. The Bertz CT molecular complexity index is 874. The Balaban J connectivity index is 1.15. The van der Waals surface area contributed by atoms with Gasteiger partial charge in [0.25, 0.3) is 0 Å². The van der Waals surface area contributed by atoms with Crippen molar-refractivity contribution in [3.63, 3.8) is 0 Å². The van der Waals surface area contributed by atoms with Crippen LogP contribution in [0.25, 0.3) is 0 Å². The van der Waals surface area contributed by atoms with Gasteiger partial charge in [-0.3, -0.25) is 4.90 Å². The second-order valence-electron chi connectivity index (χ2n) is 8.09. The zero-order valence-corrected chi connectivity index (χ0v) is 16.2. The van der Waals surface area contributed by atoms with Gasteiger partial charge in [-0.1, -0.05) is 30.3 Å². The molecule has 1 N–H and O–H groups in total. The van der Waals surface area contributed by atoms with E-state index in [1.165, 1.54) is 35.1 Å². The van der Waals surface area contributed by atoms with Crippen molar-refractivity contribution in [2.45, 2.75) is 38.5 Å². The maximum atomic E-state index is 12.7. The van der Waals surface area contributed by atoms with Gasteiger partial charge in [0.2, 0.25) is 0 Å². The van der Waals surface area contributed by atoms with Crippen LogP contribution in [0.1, 0.15) is 28.7 Å². The normalized spacial score (nSPS) is 21.9. The lowest BCUT2D eigenvalue weighted by molar-refractivity contribution is 0.106. The molecule has 28 heavy (non-hydrogen) atoms. The maximum absolute atomic E-state index is 12.7. The highest BCUT2D eigenvalue weighted by molar-refractivity contribution is 5.89. The summed E-state index contributed by atoms with van der Waals surface area (Å²) in [6, 6.07) is 15.5. The summed E-state index contributed by atoms with van der Waals surface area (Å²) in [5.74, 6) is 0. The standard InChI is InChI=1S/C23H27N3O2/c27-23(24-21-7-5-19-15-28-16-20(19)13-21)26-11-9-25(10-12-26)22-8-6-17-3-1-2-4-18(17)14-22/h1-5,7,13,22H,6,8-12,14-16H2,(H,24,27). The number of piperazine rings is 1. The van der Waals surface area contributed by atoms with Crippen LogP contribution < -0.4 is 5.32 Å². The van der Waals surface area contributed by atoms with Gasteiger partial charge in [0.1, 0.15) is 0 Å². The number of hydrogen-bond acceptors (Lipinski definition) is 3. The second-order valence-corrected chi connectivity index (χ2v) is 8.09. The summed E-state index contributed by atoms with van der Waals surface area (Å²) in [5, 5.41) is 3.06. The Morgan fingerprint density at radius 1 is 0.929 bits per heavy atom. The number of rotatable bonds is 2. The van der Waals surface area contributed by atoms with Crippen LogP contribution in [-0.4, -0.2) is 48.1 Å². The van der Waals surface area contributed by atoms with Gasteiger partial charge in [-0.05, 0) is 53.6 Å². The van der Waals surface area contributed by atoms with Gasteiger partial charge in [0.15, 0.2) is 0 Å². The van der Waals surface area contributed by atoms with Crippen molar-refractivity contribution in [2.75, 3.05) is 31.5 Å². The molecular formula is C23H27N3O2. The summed E-state index contributed by atoms with van der Waals surface area (Å²) >= 11 is 0. The van der Waals surface area contributed by atoms with Crippen molar-refractivity contribution in [1.82, 2.24) is 9.80 Å². The molecule has 1 unspecified atom stereocenters. The molecule has 2 aromatic carbocycles. The smallest absolute Gasteiger partial charge is 0.321 e. The highest BCUT2D eigenvalue weighted by Gasteiger charge is 2.28. The van der Waals surface area contributed by atoms with E-state index in [1.54, 1.807) is 0 Å². The molecule has 0 aromatic heterocycles. The summed E-state index contributed by atoms with van der Waals surface area (Å²) < 4.78 is 5.45. The number of aryl methyl sites for hydroxylation is 1. The average molecular weight is 377 g/mol. The van der Waals surface area contributed by atoms with Crippen molar-refractivity contribution in [2.24, 2.45) is 0 Å². The molecule has 146 valence electrons. The largest absolute Gasteiger partial charge is 0.372 e. The summed E-state index contributed by atoms with van der Waals surface area (Å²) in [5.41, 5.74) is 6.28. The number of carbonyl (C=O) groups excluding carboxylic acids is 1. The maximum Gasteiger partial charge on any atom is 0.321 e. The Morgan fingerprint density at radius 2 is 1.71 bits per heavy atom. The molecule has 1 fully saturated rings. The van der Waals surface area contributed by atoms with Gasteiger partial charge in [-0.2, -0.15) is 0 Å². The topological polar surface area (TPSA) is 44.8 Å². The molecule has 1 aliphatic carbocycles. The molecule has 0 radical (unpaired) electrons. The first kappa shape index (κ1) is 17.7. The monoisotopic (exact) mass is 377 g/mol. The molecule has 0 spiro atoms. The predicted octanol–water partition coefficient (Wildman–Crippen LogP) is 3.42. The number of nitrogens with zero attached hydrogens (tertiary/aromatic N) is 2. The number of carbonyl (C=O) groups is 1. The third-order valence-corrected chi connectivity index (χ3v) is 6.41. The number of anilines is 1. The molecule has 3 aliphatic rings. The minimum atomic E-state index is 0.00695. The zero-order chi connectivity index (χ0) is 18.9. The third kappa shape index (κ3) is 3.52. The van der Waals surface area contributed by atoms with Crippen LogP contribution in [0.4, 0.5) is 10.5 Å². The fraction of sp³-hybridized carbons (Fsp3) is 0.435. The molecule has 0 saturated carbocycles. The van der Waals surface area contributed by atoms with E-state index in [1.807, 2.05) is 17.0 Å². The number of benzene rings is 2. The molecular weight excluding hydrogens is 350 g/mol. The molecule has 2 aliphatic heterocycles. The first-order valence-electron chi connectivity index (χ1n) is 10.3. The van der Waals surface area contributed by atoms with Crippen LogP contribution >= 0.6 is 0 Å². The van der Waals surface area contributed by atoms with Gasteiger partial charge in [0, 0.05) is 37.9 Å². The second kappa shape index (κ2) is 7.57. The molecule has 2 aromatic rings. The van der Waals surface area contributed by atoms with Gasteiger partial charge >= 0.3 is 6.03 Å². The number of hydrogen-bond donors (Lipinski definition) is 1. The zero-order valence-electron chi connectivity index (χ0n) is 16.2. The van der Waals surface area contributed by atoms with E-state index in [-0.39, 0.29) is 6.03 Å². The molecule has 0 bridgehead atoms. The first-order valence-corrected chi connectivity index (χ1v) is 10.3. The van der Waals surface area contributed by atoms with Crippen molar-refractivity contribution >= 4 is 11.7 Å². The minimum Gasteiger partial charge on any atom is -0.372 e. The SMILES string of the molecule is O=C(Nc1ccc2c(c1)COC2)N1CCN(C2CCc3ccccc3C2)CC1. The fourth-order valence-electron chi connectivity index (χ4n) is 4.73. The highest BCUT2D eigenvalue weighted by atomic mass is 16.5. The lowest BCUT2D eigenvalue weighted by Gasteiger charge is -2.41. The van der Waals surface area contributed by atoms with E-state index in [0.717, 1.165) is 38.3 Å². The summed E-state index contributed by atoms with van der Waals surface area (Å²) in [7, 11) is 0. The molecule has 5 rings (SSSR count). The Hall–Kier alpha value is -2.37. The van der Waals surface area contributed by atoms with E-state index in [2.05, 4.69) is 40.5 Å². The number of ether oxygens (including phenoxy) is 1. The minimum absolute atomic E-state index is 0.00695. The van der Waals surface area contributed by atoms with Crippen LogP contribution in [0.3, 0.4) is 0 Å². The number of amides is 2. The molecule has 5 nitrogen and oxygen atoms in total. The van der Waals surface area contributed by atoms with Crippen LogP contribution in [0, 0.1) is 0 Å². The lowest BCUT2D eigenvalue weighted by Crippen LogP contribution is -2.53. The predicted molar refractivity (Wildman–Crippen MR) is 109 cm³/mol. The quantitative estimate of drug-likeness (QED) is 0.872. The van der Waals surface area contributed by atoms with Crippen LogP contribution in [0.2, 0.25) is 0 Å². The van der Waals surface area contributed by atoms with Crippen molar-refractivity contribution in [3.05, 3.63) is 64.7 Å². The van der Waals surface area contributed by atoms with Crippen LogP contribution in [-0.2, 0) is 30.8 Å². The van der Waals surface area contributed by atoms with E-state index in [0.29, 0.717) is 19.3 Å². The van der Waals surface area contributed by atoms with Gasteiger partial charge < -0.3 is 15.0 Å². The lowest BCUT2D eigenvalue weighted by atomic mass is 9.87. The van der Waals surface area contributed by atoms with Crippen LogP contribution in [0.5, 0.6) is 0 Å². The van der Waals surface area contributed by atoms with E-state index < -0.39 is 0 Å². The Morgan fingerprint density at radius 3 is 2.57 bits per heavy atom. The molecule has 5 heteroatoms. The Kier molecular flexibility index (Phi) is 4.79. The summed E-state index contributed by atoms with van der Waals surface area (Å²) in [6.07, 6.45) is 3.53. The van der Waals surface area contributed by atoms with Gasteiger partial charge in [-0.25, -0.2) is 4.79 Å². The van der Waals surface area contributed by atoms with E-state index >= 15 is 0 Å². The van der Waals surface area contributed by atoms with Crippen LogP contribution in [0.15, 0.2) is 42.5 Å². The molecule has 1 atom stereocenters. The summed E-state index contributed by atoms with van der Waals surface area (Å²) in [4.78, 5) is 17.2. The third-order valence-electron chi connectivity index (χ3n) is 6.41. The Labute approximate surface area is 166 Å². The first-order chi connectivity index (χ1) is 13.8. The summed E-state index contributed by atoms with van der Waals surface area (Å²) in [6.45, 7) is 4.81. The number of fused-ring (bicyclic) bond motifs is 2. The average Bonchev–Trinajstić information content (AvgIpc) is 3.21. The molecule has 2 heterocycles. The van der Waals surface area contributed by atoms with E-state index in [9.17, 15) is 4.79 Å². The van der Waals surface area contributed by atoms with Gasteiger partial charge in [0.05, 0.1) is 13.2 Å². The fourth-order valence-corrected chi connectivity index (χ4v) is 4.73. The number of nitrogens with one attached hydrogen (secondary N) is 1. The molecule has 1 saturated heterocycles. The number of urea groups is 1. The van der Waals surface area contributed by atoms with E-state index in [4.69, 9.17) is 4.74 Å². The van der Waals surface area contributed by atoms with Crippen molar-refractivity contribution in [1.29, 1.82) is 0 Å².